The molecule has 0 radical (unpaired) electrons. The van der Waals surface area contributed by atoms with E-state index in [-0.39, 0.29) is 5.91 Å². The van der Waals surface area contributed by atoms with Crippen LogP contribution in [0.4, 0.5) is 0 Å². The van der Waals surface area contributed by atoms with E-state index in [9.17, 15) is 4.79 Å². The molecule has 26 heavy (non-hydrogen) atoms. The molecule has 3 aromatic rings. The molecule has 1 unspecified atom stereocenters. The molecule has 0 aliphatic carbocycles. The molecule has 1 saturated heterocycles. The molecule has 1 aliphatic rings. The van der Waals surface area contributed by atoms with Crippen molar-refractivity contribution in [2.45, 2.75) is 30.2 Å². The second kappa shape index (κ2) is 7.37. The molecule has 2 aromatic heterocycles. The van der Waals surface area contributed by atoms with Gasteiger partial charge in [-0.05, 0) is 43.2 Å². The smallest absolute Gasteiger partial charge is 0.277 e. The van der Waals surface area contributed by atoms with Crippen LogP contribution in [0.25, 0.3) is 11.5 Å². The third kappa shape index (κ3) is 3.39. The van der Waals surface area contributed by atoms with Crippen LogP contribution in [0.2, 0.25) is 0 Å². The molecule has 1 aliphatic heterocycles. The lowest BCUT2D eigenvalue weighted by Crippen LogP contribution is -2.31. The molecule has 1 atom stereocenters. The fourth-order valence-electron chi connectivity index (χ4n) is 3.07. The van der Waals surface area contributed by atoms with Crippen molar-refractivity contribution in [3.8, 4) is 11.5 Å². The van der Waals surface area contributed by atoms with Gasteiger partial charge in [0.1, 0.15) is 11.0 Å². The van der Waals surface area contributed by atoms with E-state index in [1.165, 1.54) is 11.8 Å². The van der Waals surface area contributed by atoms with Crippen LogP contribution in [0.15, 0.2) is 56.7 Å². The van der Waals surface area contributed by atoms with Crippen molar-refractivity contribution in [3.05, 3.63) is 54.0 Å². The number of likely N-dealkylation sites (tertiary alicyclic amines) is 1. The maximum atomic E-state index is 13.0. The monoisotopic (exact) mass is 369 g/mol. The zero-order valence-electron chi connectivity index (χ0n) is 14.4. The van der Waals surface area contributed by atoms with Gasteiger partial charge in [-0.3, -0.25) is 4.79 Å². The number of aryl methyl sites for hydroxylation is 1. The first-order valence-corrected chi connectivity index (χ1v) is 9.48. The third-order valence-electron chi connectivity index (χ3n) is 4.46. The molecule has 0 N–H and O–H groups in total. The Morgan fingerprint density at radius 2 is 1.92 bits per heavy atom. The van der Waals surface area contributed by atoms with Gasteiger partial charge in [0.25, 0.3) is 11.1 Å². The summed E-state index contributed by atoms with van der Waals surface area (Å²) in [4.78, 5) is 15.0. The molecule has 1 fully saturated rings. The highest BCUT2D eigenvalue weighted by atomic mass is 32.2. The van der Waals surface area contributed by atoms with Gasteiger partial charge in [-0.25, -0.2) is 0 Å². The summed E-state index contributed by atoms with van der Waals surface area (Å²) in [5.41, 5.74) is 1.71. The van der Waals surface area contributed by atoms with Gasteiger partial charge in [0.15, 0.2) is 0 Å². The van der Waals surface area contributed by atoms with Gasteiger partial charge in [0, 0.05) is 13.1 Å². The third-order valence-corrected chi connectivity index (χ3v) is 5.53. The molecule has 134 valence electrons. The second-order valence-electron chi connectivity index (χ2n) is 6.20. The Morgan fingerprint density at radius 3 is 2.62 bits per heavy atom. The first-order chi connectivity index (χ1) is 12.7. The Hall–Kier alpha value is -2.54. The highest BCUT2D eigenvalue weighted by Gasteiger charge is 2.30. The van der Waals surface area contributed by atoms with Crippen LogP contribution in [0.1, 0.15) is 29.4 Å². The first-order valence-electron chi connectivity index (χ1n) is 8.61. The number of furan rings is 1. The number of thioether (sulfide) groups is 1. The number of hydrogen-bond acceptors (Lipinski definition) is 6. The van der Waals surface area contributed by atoms with E-state index in [4.69, 9.17) is 8.83 Å². The summed E-state index contributed by atoms with van der Waals surface area (Å²) in [5, 5.41) is 8.20. The summed E-state index contributed by atoms with van der Waals surface area (Å²) in [6.45, 7) is 3.47. The molecule has 1 amide bonds. The predicted molar refractivity (Wildman–Crippen MR) is 97.6 cm³/mol. The Kier molecular flexibility index (Phi) is 4.79. The first kappa shape index (κ1) is 16.9. The molecule has 4 rings (SSSR count). The van der Waals surface area contributed by atoms with E-state index in [1.54, 1.807) is 12.3 Å². The van der Waals surface area contributed by atoms with E-state index >= 15 is 0 Å². The molecular formula is C19H19N3O3S. The Labute approximate surface area is 155 Å². The minimum absolute atomic E-state index is 0.0953. The molecule has 0 bridgehead atoms. The molecule has 3 heterocycles. The van der Waals surface area contributed by atoms with Crippen molar-refractivity contribution in [1.29, 1.82) is 0 Å². The van der Waals surface area contributed by atoms with Crippen LogP contribution in [0.5, 0.6) is 0 Å². The van der Waals surface area contributed by atoms with Crippen molar-refractivity contribution < 1.29 is 13.6 Å². The molecule has 7 heteroatoms. The normalized spacial score (nSPS) is 15.3. The van der Waals surface area contributed by atoms with Crippen molar-refractivity contribution in [2.24, 2.45) is 0 Å². The fraction of sp³-hybridized carbons (Fsp3) is 0.316. The van der Waals surface area contributed by atoms with Crippen molar-refractivity contribution in [2.75, 3.05) is 13.1 Å². The van der Waals surface area contributed by atoms with Gasteiger partial charge in [0.2, 0.25) is 5.91 Å². The van der Waals surface area contributed by atoms with Crippen LogP contribution >= 0.6 is 11.8 Å². The van der Waals surface area contributed by atoms with Crippen molar-refractivity contribution in [1.82, 2.24) is 15.1 Å². The summed E-state index contributed by atoms with van der Waals surface area (Å²) in [6.07, 6.45) is 3.70. The summed E-state index contributed by atoms with van der Waals surface area (Å²) >= 11 is 1.30. The standard InChI is InChI=1S/C19H19N3O3S/c1-13-15(9-12-24-13)17-20-21-19(25-17)26-16(14-7-3-2-4-8-14)18(23)22-10-5-6-11-22/h2-4,7-9,12,16H,5-6,10-11H2,1H3. The molecule has 1 aromatic carbocycles. The highest BCUT2D eigenvalue weighted by molar-refractivity contribution is 8.00. The van der Waals surface area contributed by atoms with Crippen LogP contribution in [-0.4, -0.2) is 34.1 Å². The van der Waals surface area contributed by atoms with E-state index in [0.29, 0.717) is 11.1 Å². The average molecular weight is 369 g/mol. The number of hydrogen-bond donors (Lipinski definition) is 0. The molecule has 6 nitrogen and oxygen atoms in total. The molecule has 0 saturated carbocycles. The van der Waals surface area contributed by atoms with E-state index in [0.717, 1.165) is 42.8 Å². The average Bonchev–Trinajstić information content (AvgIpc) is 3.41. The fourth-order valence-corrected chi connectivity index (χ4v) is 4.03. The molecule has 0 spiro atoms. The highest BCUT2D eigenvalue weighted by Crippen LogP contribution is 2.38. The molecular weight excluding hydrogens is 350 g/mol. The van der Waals surface area contributed by atoms with Crippen LogP contribution < -0.4 is 0 Å². The largest absolute Gasteiger partial charge is 0.469 e. The number of rotatable bonds is 5. The number of aromatic nitrogens is 2. The maximum Gasteiger partial charge on any atom is 0.277 e. The second-order valence-corrected chi connectivity index (χ2v) is 7.26. The summed E-state index contributed by atoms with van der Waals surface area (Å²) in [5.74, 6) is 1.22. The van der Waals surface area contributed by atoms with Crippen molar-refractivity contribution in [3.63, 3.8) is 0 Å². The van der Waals surface area contributed by atoms with Crippen LogP contribution in [-0.2, 0) is 4.79 Å². The predicted octanol–water partition coefficient (Wildman–Crippen LogP) is 4.09. The Bertz CT molecular complexity index is 884. The lowest BCUT2D eigenvalue weighted by Gasteiger charge is -2.22. The van der Waals surface area contributed by atoms with Gasteiger partial charge in [-0.2, -0.15) is 0 Å². The number of benzene rings is 1. The minimum atomic E-state index is -0.395. The lowest BCUT2D eigenvalue weighted by molar-refractivity contribution is -0.129. The maximum absolute atomic E-state index is 13.0. The minimum Gasteiger partial charge on any atom is -0.469 e. The summed E-state index contributed by atoms with van der Waals surface area (Å²) in [7, 11) is 0. The van der Waals surface area contributed by atoms with Gasteiger partial charge < -0.3 is 13.7 Å². The van der Waals surface area contributed by atoms with Gasteiger partial charge >= 0.3 is 0 Å². The lowest BCUT2D eigenvalue weighted by atomic mass is 10.1. The zero-order valence-corrected chi connectivity index (χ0v) is 15.2. The van der Waals surface area contributed by atoms with Gasteiger partial charge in [-0.1, -0.05) is 30.3 Å². The number of amides is 1. The van der Waals surface area contributed by atoms with Crippen molar-refractivity contribution >= 4 is 17.7 Å². The number of carbonyl (C=O) groups is 1. The van der Waals surface area contributed by atoms with E-state index in [2.05, 4.69) is 10.2 Å². The van der Waals surface area contributed by atoms with E-state index in [1.807, 2.05) is 42.2 Å². The Morgan fingerprint density at radius 1 is 1.15 bits per heavy atom. The SMILES string of the molecule is Cc1occc1-c1nnc(SC(C(=O)N2CCCC2)c2ccccc2)o1. The zero-order chi connectivity index (χ0) is 17.9. The van der Waals surface area contributed by atoms with Crippen LogP contribution in [0.3, 0.4) is 0 Å². The topological polar surface area (TPSA) is 72.4 Å². The Balaban J connectivity index is 1.60. The van der Waals surface area contributed by atoms with Gasteiger partial charge in [-0.15, -0.1) is 10.2 Å². The summed E-state index contributed by atoms with van der Waals surface area (Å²) < 4.78 is 11.1. The number of carbonyl (C=O) groups excluding carboxylic acids is 1. The van der Waals surface area contributed by atoms with E-state index < -0.39 is 5.25 Å². The number of nitrogens with zero attached hydrogens (tertiary/aromatic N) is 3. The summed E-state index contributed by atoms with van der Waals surface area (Å²) in [6, 6.07) is 11.5. The van der Waals surface area contributed by atoms with Gasteiger partial charge in [0.05, 0.1) is 11.8 Å². The van der Waals surface area contributed by atoms with Crippen LogP contribution in [0, 0.1) is 6.92 Å². The quantitative estimate of drug-likeness (QED) is 0.631.